The van der Waals surface area contributed by atoms with Gasteiger partial charge in [0.2, 0.25) is 5.91 Å². The Morgan fingerprint density at radius 3 is 2.88 bits per heavy atom. The molecule has 1 amide bonds. The second-order valence-corrected chi connectivity index (χ2v) is 6.58. The lowest BCUT2D eigenvalue weighted by atomic mass is 9.87. The van der Waals surface area contributed by atoms with Crippen LogP contribution in [-0.2, 0) is 11.3 Å². The summed E-state index contributed by atoms with van der Waals surface area (Å²) in [4.78, 5) is 17.0. The Bertz CT molecular complexity index is 974. The summed E-state index contributed by atoms with van der Waals surface area (Å²) in [7, 11) is 1.68. The lowest BCUT2D eigenvalue weighted by molar-refractivity contribution is -0.121. The van der Waals surface area contributed by atoms with Crippen molar-refractivity contribution in [3.8, 4) is 5.75 Å². The number of amides is 1. The first-order valence-electron chi connectivity index (χ1n) is 8.46. The molecule has 1 aromatic carbocycles. The Balaban J connectivity index is 1.95. The number of benzene rings is 1. The summed E-state index contributed by atoms with van der Waals surface area (Å²) < 4.78 is 7.55. The first kappa shape index (κ1) is 15.7. The van der Waals surface area contributed by atoms with E-state index in [1.54, 1.807) is 7.11 Å². The Kier molecular flexibility index (Phi) is 3.71. The van der Waals surface area contributed by atoms with Gasteiger partial charge in [0.25, 0.3) is 0 Å². The molecule has 3 heterocycles. The first-order valence-corrected chi connectivity index (χ1v) is 8.46. The maximum absolute atomic E-state index is 12.3. The summed E-state index contributed by atoms with van der Waals surface area (Å²) in [5, 5.41) is 2.98. The monoisotopic (exact) mass is 335 g/mol. The number of imidazole rings is 1. The highest BCUT2D eigenvalue weighted by atomic mass is 16.5. The number of hydrogen-bond acceptors (Lipinski definition) is 3. The van der Waals surface area contributed by atoms with E-state index in [0.29, 0.717) is 13.0 Å². The molecule has 1 aliphatic heterocycles. The van der Waals surface area contributed by atoms with Crippen molar-refractivity contribution in [1.82, 2.24) is 14.7 Å². The van der Waals surface area contributed by atoms with E-state index in [9.17, 15) is 4.79 Å². The van der Waals surface area contributed by atoms with Crippen LogP contribution in [0.15, 0.2) is 36.5 Å². The van der Waals surface area contributed by atoms with E-state index >= 15 is 0 Å². The summed E-state index contributed by atoms with van der Waals surface area (Å²) in [5.74, 6) is 0.901. The second-order valence-electron chi connectivity index (χ2n) is 6.58. The minimum Gasteiger partial charge on any atom is -0.496 e. The van der Waals surface area contributed by atoms with Gasteiger partial charge in [0, 0.05) is 18.5 Å². The van der Waals surface area contributed by atoms with E-state index in [0.717, 1.165) is 39.5 Å². The van der Waals surface area contributed by atoms with Crippen LogP contribution < -0.4 is 10.1 Å². The third-order valence-electron chi connectivity index (χ3n) is 4.97. The molecule has 5 nitrogen and oxygen atoms in total. The number of ether oxygens (including phenoxy) is 1. The molecule has 1 aliphatic rings. The summed E-state index contributed by atoms with van der Waals surface area (Å²) in [6.45, 7) is 4.58. The molecule has 0 spiro atoms. The lowest BCUT2D eigenvalue weighted by Crippen LogP contribution is -2.21. The van der Waals surface area contributed by atoms with E-state index in [1.807, 2.05) is 31.3 Å². The van der Waals surface area contributed by atoms with Crippen LogP contribution in [0, 0.1) is 13.8 Å². The molecule has 0 unspecified atom stereocenters. The molecule has 1 N–H and O–H groups in total. The van der Waals surface area contributed by atoms with Gasteiger partial charge in [-0.25, -0.2) is 4.98 Å². The molecular weight excluding hydrogens is 314 g/mol. The third-order valence-corrected chi connectivity index (χ3v) is 4.97. The second kappa shape index (κ2) is 5.92. The van der Waals surface area contributed by atoms with E-state index in [1.165, 1.54) is 0 Å². The van der Waals surface area contributed by atoms with Crippen molar-refractivity contribution < 1.29 is 9.53 Å². The minimum absolute atomic E-state index is 0.0282. The van der Waals surface area contributed by atoms with Crippen LogP contribution in [0.5, 0.6) is 5.75 Å². The zero-order valence-corrected chi connectivity index (χ0v) is 14.7. The number of pyridine rings is 1. The highest BCUT2D eigenvalue weighted by molar-refractivity contribution is 5.78. The van der Waals surface area contributed by atoms with Gasteiger partial charge in [0.05, 0.1) is 25.0 Å². The number of nitrogens with zero attached hydrogens (tertiary/aromatic N) is 2. The third kappa shape index (κ3) is 2.56. The number of methoxy groups -OCH3 is 1. The van der Waals surface area contributed by atoms with E-state index in [2.05, 4.69) is 28.8 Å². The molecule has 4 rings (SSSR count). The number of aryl methyl sites for hydroxylation is 2. The molecule has 128 valence electrons. The molecule has 25 heavy (non-hydrogen) atoms. The number of hydrogen-bond donors (Lipinski definition) is 1. The Labute approximate surface area is 146 Å². The lowest BCUT2D eigenvalue weighted by Gasteiger charge is -2.20. The van der Waals surface area contributed by atoms with Gasteiger partial charge in [-0.1, -0.05) is 12.1 Å². The molecular formula is C20H21N3O2. The van der Waals surface area contributed by atoms with Crippen LogP contribution in [0.4, 0.5) is 0 Å². The number of fused-ring (bicyclic) bond motifs is 3. The minimum atomic E-state index is -0.0282. The normalized spacial score (nSPS) is 17.1. The average molecular weight is 335 g/mol. The van der Waals surface area contributed by atoms with Crippen molar-refractivity contribution >= 4 is 11.6 Å². The van der Waals surface area contributed by atoms with Crippen molar-refractivity contribution in [2.75, 3.05) is 7.11 Å². The maximum Gasteiger partial charge on any atom is 0.221 e. The number of carbonyl (C=O) groups excluding carboxylic acids is 1. The van der Waals surface area contributed by atoms with Crippen molar-refractivity contribution in [3.63, 3.8) is 0 Å². The van der Waals surface area contributed by atoms with Crippen LogP contribution in [0.25, 0.3) is 5.65 Å². The van der Waals surface area contributed by atoms with Crippen LogP contribution in [0.2, 0.25) is 0 Å². The number of nitrogens with one attached hydrogen (secondary N) is 1. The smallest absolute Gasteiger partial charge is 0.221 e. The Hall–Kier alpha value is -2.82. The molecule has 0 saturated heterocycles. The fourth-order valence-electron chi connectivity index (χ4n) is 3.76. The predicted molar refractivity (Wildman–Crippen MR) is 96.0 cm³/mol. The van der Waals surface area contributed by atoms with Gasteiger partial charge >= 0.3 is 0 Å². The van der Waals surface area contributed by atoms with Crippen molar-refractivity contribution in [1.29, 1.82) is 0 Å². The molecule has 3 aromatic rings. The number of aromatic nitrogens is 2. The summed E-state index contributed by atoms with van der Waals surface area (Å²) in [5.41, 5.74) is 6.30. The van der Waals surface area contributed by atoms with Gasteiger partial charge in [-0.05, 0) is 48.7 Å². The van der Waals surface area contributed by atoms with Crippen LogP contribution in [0.3, 0.4) is 0 Å². The summed E-state index contributed by atoms with van der Waals surface area (Å²) in [6, 6.07) is 10.2. The molecule has 0 fully saturated rings. The zero-order valence-electron chi connectivity index (χ0n) is 14.7. The number of rotatable bonds is 2. The Morgan fingerprint density at radius 1 is 1.24 bits per heavy atom. The Morgan fingerprint density at radius 2 is 2.08 bits per heavy atom. The standard InChI is InChI=1S/C20H21N3O2/c1-12-9-17(25-3)13(2)8-14(12)15-10-19(24)21-11-16-20(15)23-7-5-4-6-18(23)22-16/h4-9,15H,10-11H2,1-3H3,(H,21,24)/t15-/m0/s1. The van der Waals surface area contributed by atoms with E-state index in [4.69, 9.17) is 9.72 Å². The highest BCUT2D eigenvalue weighted by Gasteiger charge is 2.30. The van der Waals surface area contributed by atoms with Gasteiger partial charge in [-0.3, -0.25) is 4.79 Å². The zero-order chi connectivity index (χ0) is 17.6. The van der Waals surface area contributed by atoms with Gasteiger partial charge in [-0.2, -0.15) is 0 Å². The van der Waals surface area contributed by atoms with E-state index in [-0.39, 0.29) is 11.8 Å². The molecule has 1 atom stereocenters. The highest BCUT2D eigenvalue weighted by Crippen LogP contribution is 2.37. The fraction of sp³-hybridized carbons (Fsp3) is 0.300. The maximum atomic E-state index is 12.3. The predicted octanol–water partition coefficient (Wildman–Crippen LogP) is 3.11. The van der Waals surface area contributed by atoms with Gasteiger partial charge in [0.15, 0.2) is 0 Å². The largest absolute Gasteiger partial charge is 0.496 e. The van der Waals surface area contributed by atoms with Crippen molar-refractivity contribution in [2.24, 2.45) is 0 Å². The van der Waals surface area contributed by atoms with Crippen molar-refractivity contribution in [3.05, 3.63) is 64.6 Å². The summed E-state index contributed by atoms with van der Waals surface area (Å²) >= 11 is 0. The quantitative estimate of drug-likeness (QED) is 0.783. The molecule has 0 radical (unpaired) electrons. The fourth-order valence-corrected chi connectivity index (χ4v) is 3.76. The number of carbonyl (C=O) groups is 1. The molecule has 2 aromatic heterocycles. The first-order chi connectivity index (χ1) is 12.1. The van der Waals surface area contributed by atoms with E-state index < -0.39 is 0 Å². The average Bonchev–Trinajstić information content (AvgIpc) is 2.89. The van der Waals surface area contributed by atoms with Crippen LogP contribution in [-0.4, -0.2) is 22.4 Å². The summed E-state index contributed by atoms with van der Waals surface area (Å²) in [6.07, 6.45) is 2.44. The van der Waals surface area contributed by atoms with Gasteiger partial charge in [0.1, 0.15) is 11.4 Å². The molecule has 0 saturated carbocycles. The van der Waals surface area contributed by atoms with Gasteiger partial charge in [-0.15, -0.1) is 0 Å². The van der Waals surface area contributed by atoms with Crippen LogP contribution in [0.1, 0.15) is 40.4 Å². The van der Waals surface area contributed by atoms with Crippen molar-refractivity contribution in [2.45, 2.75) is 32.7 Å². The topological polar surface area (TPSA) is 55.6 Å². The molecule has 5 heteroatoms. The molecule has 0 aliphatic carbocycles. The van der Waals surface area contributed by atoms with Crippen LogP contribution >= 0.6 is 0 Å². The SMILES string of the molecule is COc1cc(C)c([C@@H]2CC(=O)NCc3nc4ccccn4c32)cc1C. The molecule has 0 bridgehead atoms. The van der Waals surface area contributed by atoms with Gasteiger partial charge < -0.3 is 14.5 Å².